The van der Waals surface area contributed by atoms with Crippen molar-refractivity contribution in [1.29, 1.82) is 0 Å². The third kappa shape index (κ3) is 7.03. The number of carbonyl (C=O) groups excluding carboxylic acids is 1. The number of para-hydroxylation sites is 1. The third-order valence-electron chi connectivity index (χ3n) is 3.89. The van der Waals surface area contributed by atoms with Crippen LogP contribution in [-0.2, 0) is 23.9 Å². The second kappa shape index (κ2) is 10.8. The molecule has 0 aromatic heterocycles. The van der Waals surface area contributed by atoms with E-state index in [0.717, 1.165) is 42.5 Å². The Hall–Kier alpha value is -3.94. The number of hydrogen-bond donors (Lipinski definition) is 0. The van der Waals surface area contributed by atoms with E-state index < -0.39 is 49.0 Å². The SMILES string of the molecule is C=C(C)C(=O)OCCOc1ccc(C(=NOS(=O)(=O)c2ccccc2[N+](=O)[O-])C(F)(F)F)cc1. The highest BCUT2D eigenvalue weighted by atomic mass is 32.2. The van der Waals surface area contributed by atoms with Gasteiger partial charge in [-0.25, -0.2) is 4.79 Å². The van der Waals surface area contributed by atoms with Crippen LogP contribution in [0.1, 0.15) is 12.5 Å². The number of oxime groups is 1. The van der Waals surface area contributed by atoms with E-state index in [4.69, 9.17) is 9.47 Å². The summed E-state index contributed by atoms with van der Waals surface area (Å²) in [4.78, 5) is 20.3. The minimum absolute atomic E-state index is 0.0875. The molecule has 0 amide bonds. The summed E-state index contributed by atoms with van der Waals surface area (Å²) in [7, 11) is -5.04. The Labute approximate surface area is 191 Å². The van der Waals surface area contributed by atoms with E-state index in [0.29, 0.717) is 0 Å². The predicted molar refractivity (Wildman–Crippen MR) is 112 cm³/mol. The maximum atomic E-state index is 13.5. The molecule has 0 radical (unpaired) electrons. The number of hydrogen-bond acceptors (Lipinski definition) is 9. The molecule has 10 nitrogen and oxygen atoms in total. The van der Waals surface area contributed by atoms with Crippen LogP contribution in [0.4, 0.5) is 18.9 Å². The second-order valence-electron chi connectivity index (χ2n) is 6.48. The predicted octanol–water partition coefficient (Wildman–Crippen LogP) is 3.76. The number of ether oxygens (including phenoxy) is 2. The Bertz CT molecular complexity index is 1210. The fraction of sp³-hybridized carbons (Fsp3) is 0.200. The highest BCUT2D eigenvalue weighted by molar-refractivity contribution is 7.86. The van der Waals surface area contributed by atoms with Gasteiger partial charge in [-0.3, -0.25) is 14.4 Å². The van der Waals surface area contributed by atoms with Crippen molar-refractivity contribution in [3.63, 3.8) is 0 Å². The maximum absolute atomic E-state index is 13.5. The standard InChI is InChI=1S/C20H17F3N2O8S/c1-13(2)19(26)32-12-11-31-15-9-7-14(8-10-15)18(20(21,22)23)24-33-34(29,30)17-6-4-3-5-16(17)25(27)28/h3-10H,1,11-12H2,2H3. The van der Waals surface area contributed by atoms with Crippen molar-refractivity contribution in [1.82, 2.24) is 0 Å². The number of nitro groups is 1. The number of nitrogens with zero attached hydrogens (tertiary/aromatic N) is 2. The van der Waals surface area contributed by atoms with E-state index in [1.807, 2.05) is 0 Å². The summed E-state index contributed by atoms with van der Waals surface area (Å²) in [6.07, 6.45) is -5.13. The molecule has 0 aliphatic carbocycles. The first-order chi connectivity index (χ1) is 15.8. The Balaban J connectivity index is 2.19. The van der Waals surface area contributed by atoms with Crippen LogP contribution in [0, 0.1) is 10.1 Å². The van der Waals surface area contributed by atoms with Crippen molar-refractivity contribution >= 4 is 27.5 Å². The molecule has 0 N–H and O–H groups in total. The molecule has 0 spiro atoms. The summed E-state index contributed by atoms with van der Waals surface area (Å²) >= 11 is 0. The molecule has 0 bridgehead atoms. The largest absolute Gasteiger partial charge is 0.490 e. The van der Waals surface area contributed by atoms with Crippen LogP contribution in [0.2, 0.25) is 0 Å². The zero-order valence-corrected chi connectivity index (χ0v) is 18.3. The summed E-state index contributed by atoms with van der Waals surface area (Å²) in [5, 5.41) is 13.7. The zero-order chi connectivity index (χ0) is 25.5. The van der Waals surface area contributed by atoms with E-state index in [1.54, 1.807) is 0 Å². The van der Waals surface area contributed by atoms with Gasteiger partial charge in [0.2, 0.25) is 0 Å². The Morgan fingerprint density at radius 2 is 1.74 bits per heavy atom. The van der Waals surface area contributed by atoms with Crippen molar-refractivity contribution in [2.24, 2.45) is 5.16 Å². The number of rotatable bonds is 10. The fourth-order valence-electron chi connectivity index (χ4n) is 2.34. The van der Waals surface area contributed by atoms with Gasteiger partial charge in [-0.15, -0.1) is 0 Å². The lowest BCUT2D eigenvalue weighted by Crippen LogP contribution is -2.25. The van der Waals surface area contributed by atoms with Crippen LogP contribution in [0.15, 0.2) is 70.7 Å². The summed E-state index contributed by atoms with van der Waals surface area (Å²) < 4.78 is 79.1. The summed E-state index contributed by atoms with van der Waals surface area (Å²) in [5.74, 6) is -0.495. The average Bonchev–Trinajstić information content (AvgIpc) is 2.76. The van der Waals surface area contributed by atoms with Gasteiger partial charge in [0.15, 0.2) is 10.6 Å². The average molecular weight is 502 g/mol. The second-order valence-corrected chi connectivity index (χ2v) is 7.98. The number of benzene rings is 2. The summed E-state index contributed by atoms with van der Waals surface area (Å²) in [6, 6.07) is 8.15. The van der Waals surface area contributed by atoms with Gasteiger partial charge in [-0.05, 0) is 37.3 Å². The number of carbonyl (C=O) groups is 1. The minimum Gasteiger partial charge on any atom is -0.490 e. The highest BCUT2D eigenvalue weighted by Gasteiger charge is 2.39. The van der Waals surface area contributed by atoms with Crippen LogP contribution in [-0.4, -0.2) is 44.4 Å². The molecule has 0 unspecified atom stereocenters. The number of nitro benzene ring substituents is 1. The van der Waals surface area contributed by atoms with Crippen molar-refractivity contribution in [3.05, 3.63) is 76.4 Å². The molecule has 182 valence electrons. The molecule has 2 aromatic carbocycles. The van der Waals surface area contributed by atoms with Crippen LogP contribution in [0.3, 0.4) is 0 Å². The molecule has 0 fully saturated rings. The molecule has 14 heteroatoms. The Kier molecular flexibility index (Phi) is 8.35. The molecule has 0 aliphatic heterocycles. The van der Waals surface area contributed by atoms with E-state index in [2.05, 4.69) is 16.0 Å². The Morgan fingerprint density at radius 1 is 1.12 bits per heavy atom. The highest BCUT2D eigenvalue weighted by Crippen LogP contribution is 2.28. The molecule has 2 rings (SSSR count). The van der Waals surface area contributed by atoms with Gasteiger partial charge in [0.1, 0.15) is 19.0 Å². The van der Waals surface area contributed by atoms with Gasteiger partial charge in [-0.1, -0.05) is 23.9 Å². The molecule has 34 heavy (non-hydrogen) atoms. The van der Waals surface area contributed by atoms with E-state index in [9.17, 15) is 36.5 Å². The number of esters is 1. The monoisotopic (exact) mass is 502 g/mol. The number of halogens is 3. The van der Waals surface area contributed by atoms with Crippen LogP contribution in [0.5, 0.6) is 5.75 Å². The van der Waals surface area contributed by atoms with Crippen molar-refractivity contribution in [2.45, 2.75) is 18.0 Å². The van der Waals surface area contributed by atoms with Crippen molar-refractivity contribution in [3.8, 4) is 5.75 Å². The van der Waals surface area contributed by atoms with Crippen LogP contribution in [0.25, 0.3) is 0 Å². The maximum Gasteiger partial charge on any atom is 0.437 e. The normalized spacial score (nSPS) is 12.1. The topological polar surface area (TPSA) is 134 Å². The van der Waals surface area contributed by atoms with Crippen molar-refractivity contribution < 1.29 is 45.1 Å². The first kappa shape index (κ1) is 26.3. The van der Waals surface area contributed by atoms with Gasteiger partial charge in [0.25, 0.3) is 5.69 Å². The molecular formula is C20H17F3N2O8S. The zero-order valence-electron chi connectivity index (χ0n) is 17.4. The van der Waals surface area contributed by atoms with Gasteiger partial charge in [0, 0.05) is 17.2 Å². The summed E-state index contributed by atoms with van der Waals surface area (Å²) in [6.45, 7) is 4.64. The van der Waals surface area contributed by atoms with Crippen LogP contribution < -0.4 is 4.74 Å². The van der Waals surface area contributed by atoms with Gasteiger partial charge in [0.05, 0.1) is 4.92 Å². The quantitative estimate of drug-likeness (QED) is 0.120. The third-order valence-corrected chi connectivity index (χ3v) is 5.04. The lowest BCUT2D eigenvalue weighted by atomic mass is 10.1. The first-order valence-corrected chi connectivity index (χ1v) is 10.6. The van der Waals surface area contributed by atoms with Crippen molar-refractivity contribution in [2.75, 3.05) is 13.2 Å². The van der Waals surface area contributed by atoms with Gasteiger partial charge >= 0.3 is 22.3 Å². The lowest BCUT2D eigenvalue weighted by molar-refractivity contribution is -0.387. The summed E-state index contributed by atoms with van der Waals surface area (Å²) in [5.41, 5.74) is -2.96. The molecule has 2 aromatic rings. The fourth-order valence-corrected chi connectivity index (χ4v) is 3.24. The number of alkyl halides is 3. The van der Waals surface area contributed by atoms with Gasteiger partial charge < -0.3 is 9.47 Å². The molecule has 0 heterocycles. The minimum atomic E-state index is -5.13. The first-order valence-electron chi connectivity index (χ1n) is 9.21. The van der Waals surface area contributed by atoms with E-state index >= 15 is 0 Å². The van der Waals surface area contributed by atoms with Gasteiger partial charge in [-0.2, -0.15) is 21.6 Å². The molecule has 0 saturated carbocycles. The smallest absolute Gasteiger partial charge is 0.437 e. The van der Waals surface area contributed by atoms with Crippen LogP contribution >= 0.6 is 0 Å². The Morgan fingerprint density at radius 3 is 2.29 bits per heavy atom. The molecule has 0 aliphatic rings. The van der Waals surface area contributed by atoms with E-state index in [1.165, 1.54) is 13.0 Å². The molecular weight excluding hydrogens is 485 g/mol. The molecule has 0 saturated heterocycles. The van der Waals surface area contributed by atoms with E-state index in [-0.39, 0.29) is 24.5 Å². The lowest BCUT2D eigenvalue weighted by Gasteiger charge is -2.12. The molecule has 0 atom stereocenters.